The summed E-state index contributed by atoms with van der Waals surface area (Å²) in [5, 5.41) is 0.789. The van der Waals surface area contributed by atoms with Crippen LogP contribution in [0.3, 0.4) is 0 Å². The molecule has 1 saturated carbocycles. The Kier molecular flexibility index (Phi) is 3.63. The number of nitrogens with zero attached hydrogens (tertiary/aromatic N) is 1. The van der Waals surface area contributed by atoms with Crippen molar-refractivity contribution < 1.29 is 0 Å². The molecule has 0 aromatic rings. The van der Waals surface area contributed by atoms with E-state index in [-0.39, 0.29) is 0 Å². The van der Waals surface area contributed by atoms with E-state index in [1.54, 1.807) is 0 Å². The standard InChI is InChI=1S/C12H24N2S/c1-10-7-12(8-13,9-15-10)14(2)11-5-3-4-6-11/h10-11H,3-9,13H2,1-2H3. The minimum absolute atomic E-state index is 0.305. The summed E-state index contributed by atoms with van der Waals surface area (Å²) in [4.78, 5) is 2.62. The van der Waals surface area contributed by atoms with Gasteiger partial charge in [0.2, 0.25) is 0 Å². The molecule has 0 amide bonds. The normalized spacial score (nSPS) is 38.0. The summed E-state index contributed by atoms with van der Waals surface area (Å²) in [5.74, 6) is 1.23. The lowest BCUT2D eigenvalue weighted by atomic mass is 9.92. The fraction of sp³-hybridized carbons (Fsp3) is 1.00. The molecule has 2 N–H and O–H groups in total. The Hall–Kier alpha value is 0.270. The van der Waals surface area contributed by atoms with Crippen LogP contribution in [0.25, 0.3) is 0 Å². The molecule has 2 unspecified atom stereocenters. The van der Waals surface area contributed by atoms with E-state index in [1.165, 1.54) is 37.9 Å². The second-order valence-corrected chi connectivity index (χ2v) is 6.73. The van der Waals surface area contributed by atoms with Crippen molar-refractivity contribution in [1.29, 1.82) is 0 Å². The van der Waals surface area contributed by atoms with Gasteiger partial charge < -0.3 is 5.73 Å². The highest BCUT2D eigenvalue weighted by atomic mass is 32.2. The van der Waals surface area contributed by atoms with Gasteiger partial charge in [0.15, 0.2) is 0 Å². The molecule has 0 radical (unpaired) electrons. The molecule has 15 heavy (non-hydrogen) atoms. The average Bonchev–Trinajstić information content (AvgIpc) is 2.86. The van der Waals surface area contributed by atoms with Crippen molar-refractivity contribution in [3.8, 4) is 0 Å². The van der Waals surface area contributed by atoms with E-state index in [2.05, 4.69) is 30.6 Å². The predicted octanol–water partition coefficient (Wildman–Crippen LogP) is 2.08. The van der Waals surface area contributed by atoms with Crippen molar-refractivity contribution in [2.24, 2.45) is 5.73 Å². The molecule has 0 spiro atoms. The van der Waals surface area contributed by atoms with Crippen molar-refractivity contribution in [3.63, 3.8) is 0 Å². The zero-order chi connectivity index (χ0) is 10.9. The second-order valence-electron chi connectivity index (χ2n) is 5.30. The number of thioether (sulfide) groups is 1. The van der Waals surface area contributed by atoms with Gasteiger partial charge in [0.05, 0.1) is 0 Å². The van der Waals surface area contributed by atoms with Gasteiger partial charge in [-0.25, -0.2) is 0 Å². The first-order valence-electron chi connectivity index (χ1n) is 6.22. The molecule has 3 heteroatoms. The van der Waals surface area contributed by atoms with Crippen molar-refractivity contribution in [3.05, 3.63) is 0 Å². The Morgan fingerprint density at radius 3 is 2.53 bits per heavy atom. The predicted molar refractivity (Wildman–Crippen MR) is 68.3 cm³/mol. The quantitative estimate of drug-likeness (QED) is 0.802. The molecule has 0 aromatic heterocycles. The fourth-order valence-electron chi connectivity index (χ4n) is 3.16. The van der Waals surface area contributed by atoms with Crippen LogP contribution in [0, 0.1) is 0 Å². The molecule has 2 rings (SSSR count). The molecule has 2 aliphatic rings. The van der Waals surface area contributed by atoms with Crippen LogP contribution in [-0.2, 0) is 0 Å². The number of hydrogen-bond acceptors (Lipinski definition) is 3. The molecule has 2 atom stereocenters. The largest absolute Gasteiger partial charge is 0.329 e. The third kappa shape index (κ3) is 2.20. The Morgan fingerprint density at radius 2 is 2.07 bits per heavy atom. The lowest BCUT2D eigenvalue weighted by Crippen LogP contribution is -2.55. The SMILES string of the molecule is CC1CC(CN)(N(C)C2CCCC2)CS1. The summed E-state index contributed by atoms with van der Waals surface area (Å²) < 4.78 is 0. The summed E-state index contributed by atoms with van der Waals surface area (Å²) in [6, 6.07) is 0.805. The van der Waals surface area contributed by atoms with Crippen LogP contribution in [0.15, 0.2) is 0 Å². The molecule has 0 aromatic carbocycles. The lowest BCUT2D eigenvalue weighted by Gasteiger charge is -2.41. The summed E-state index contributed by atoms with van der Waals surface area (Å²) >= 11 is 2.09. The van der Waals surface area contributed by atoms with Gasteiger partial charge in [-0.1, -0.05) is 19.8 Å². The van der Waals surface area contributed by atoms with Crippen LogP contribution < -0.4 is 5.73 Å². The maximum Gasteiger partial charge on any atom is 0.0432 e. The first-order chi connectivity index (χ1) is 7.18. The van der Waals surface area contributed by atoms with E-state index in [4.69, 9.17) is 5.73 Å². The summed E-state index contributed by atoms with van der Waals surface area (Å²) in [6.45, 7) is 3.17. The molecule has 1 saturated heterocycles. The van der Waals surface area contributed by atoms with Crippen LogP contribution in [0.5, 0.6) is 0 Å². The maximum atomic E-state index is 6.04. The molecule has 1 aliphatic heterocycles. The van der Waals surface area contributed by atoms with E-state index >= 15 is 0 Å². The van der Waals surface area contributed by atoms with Crippen molar-refractivity contribution in [1.82, 2.24) is 4.90 Å². The summed E-state index contributed by atoms with van der Waals surface area (Å²) in [6.07, 6.45) is 6.88. The van der Waals surface area contributed by atoms with Gasteiger partial charge in [0.25, 0.3) is 0 Å². The van der Waals surface area contributed by atoms with Crippen molar-refractivity contribution in [2.45, 2.75) is 55.9 Å². The first-order valence-corrected chi connectivity index (χ1v) is 7.27. The molecular weight excluding hydrogens is 204 g/mol. The highest BCUT2D eigenvalue weighted by Crippen LogP contribution is 2.40. The number of likely N-dealkylation sites (N-methyl/N-ethyl adjacent to an activating group) is 1. The van der Waals surface area contributed by atoms with Gasteiger partial charge in [0, 0.05) is 29.1 Å². The van der Waals surface area contributed by atoms with Gasteiger partial charge in [-0.05, 0) is 26.3 Å². The van der Waals surface area contributed by atoms with E-state index in [0.29, 0.717) is 5.54 Å². The molecule has 1 heterocycles. The molecule has 2 nitrogen and oxygen atoms in total. The van der Waals surface area contributed by atoms with E-state index in [9.17, 15) is 0 Å². The maximum absolute atomic E-state index is 6.04. The van der Waals surface area contributed by atoms with Gasteiger partial charge in [0.1, 0.15) is 0 Å². The third-order valence-corrected chi connectivity index (χ3v) is 5.74. The third-order valence-electron chi connectivity index (χ3n) is 4.30. The zero-order valence-corrected chi connectivity index (χ0v) is 10.9. The molecule has 2 fully saturated rings. The highest BCUT2D eigenvalue weighted by Gasteiger charge is 2.43. The van der Waals surface area contributed by atoms with E-state index in [1.807, 2.05) is 0 Å². The number of nitrogens with two attached hydrogens (primary N) is 1. The smallest absolute Gasteiger partial charge is 0.0432 e. The van der Waals surface area contributed by atoms with Crippen LogP contribution in [0.4, 0.5) is 0 Å². The van der Waals surface area contributed by atoms with Crippen molar-refractivity contribution >= 4 is 11.8 Å². The Labute approximate surface area is 98.0 Å². The van der Waals surface area contributed by atoms with Crippen LogP contribution >= 0.6 is 11.8 Å². The minimum Gasteiger partial charge on any atom is -0.329 e. The Balaban J connectivity index is 2.04. The first kappa shape index (κ1) is 11.7. The van der Waals surface area contributed by atoms with Gasteiger partial charge in [-0.2, -0.15) is 11.8 Å². The van der Waals surface area contributed by atoms with Crippen LogP contribution in [0.1, 0.15) is 39.0 Å². The molecule has 88 valence electrons. The minimum atomic E-state index is 0.305. The van der Waals surface area contributed by atoms with Crippen LogP contribution in [0.2, 0.25) is 0 Å². The van der Waals surface area contributed by atoms with Gasteiger partial charge >= 0.3 is 0 Å². The summed E-state index contributed by atoms with van der Waals surface area (Å²) in [7, 11) is 2.31. The molecule has 1 aliphatic carbocycles. The zero-order valence-electron chi connectivity index (χ0n) is 10.0. The second kappa shape index (κ2) is 4.64. The Bertz CT molecular complexity index is 216. The van der Waals surface area contributed by atoms with Gasteiger partial charge in [-0.3, -0.25) is 4.90 Å². The number of hydrogen-bond donors (Lipinski definition) is 1. The molecular formula is C12H24N2S. The van der Waals surface area contributed by atoms with Crippen molar-refractivity contribution in [2.75, 3.05) is 19.3 Å². The number of rotatable bonds is 3. The monoisotopic (exact) mass is 228 g/mol. The highest BCUT2D eigenvalue weighted by molar-refractivity contribution is 8.00. The topological polar surface area (TPSA) is 29.3 Å². The van der Waals surface area contributed by atoms with Gasteiger partial charge in [-0.15, -0.1) is 0 Å². The Morgan fingerprint density at radius 1 is 1.40 bits per heavy atom. The molecule has 0 bridgehead atoms. The lowest BCUT2D eigenvalue weighted by molar-refractivity contribution is 0.0968. The van der Waals surface area contributed by atoms with E-state index < -0.39 is 0 Å². The van der Waals surface area contributed by atoms with Crippen LogP contribution in [-0.4, -0.2) is 41.1 Å². The average molecular weight is 228 g/mol. The van der Waals surface area contributed by atoms with E-state index in [0.717, 1.165) is 17.8 Å². The fourth-order valence-corrected chi connectivity index (χ4v) is 4.62. The summed E-state index contributed by atoms with van der Waals surface area (Å²) in [5.41, 5.74) is 6.35.